The van der Waals surface area contributed by atoms with Crippen molar-refractivity contribution in [3.8, 4) is 6.07 Å². The first-order valence-electron chi connectivity index (χ1n) is 12.1. The van der Waals surface area contributed by atoms with Gasteiger partial charge in [0.05, 0.1) is 28.5 Å². The first-order chi connectivity index (χ1) is 17.2. The number of fused-ring (bicyclic) bond motifs is 1. The van der Waals surface area contributed by atoms with E-state index >= 15 is 0 Å². The summed E-state index contributed by atoms with van der Waals surface area (Å²) in [6, 6.07) is 7.78. The van der Waals surface area contributed by atoms with Crippen molar-refractivity contribution in [3.05, 3.63) is 52.6 Å². The van der Waals surface area contributed by atoms with E-state index in [9.17, 15) is 18.4 Å². The Labute approximate surface area is 208 Å². The van der Waals surface area contributed by atoms with Crippen molar-refractivity contribution in [1.82, 2.24) is 19.9 Å². The molecular weight excluding hydrogens is 467 g/mol. The molecule has 2 fully saturated rings. The zero-order chi connectivity index (χ0) is 25.6. The van der Waals surface area contributed by atoms with Crippen LogP contribution in [0.1, 0.15) is 54.7 Å². The SMILES string of the molecule is Cc1nc(N[C@H](C)c2cccc(C(F)F)c2F)c2cc(C3(C#N)CC3)c(N3CCN(C)CC3)nc2n1. The molecule has 1 atom stereocenters. The minimum atomic E-state index is -2.90. The number of nitriles is 1. The lowest BCUT2D eigenvalue weighted by Gasteiger charge is -2.35. The second-order valence-electron chi connectivity index (χ2n) is 9.75. The van der Waals surface area contributed by atoms with E-state index in [4.69, 9.17) is 4.98 Å². The van der Waals surface area contributed by atoms with Crippen LogP contribution < -0.4 is 10.2 Å². The number of aromatic nitrogens is 3. The van der Waals surface area contributed by atoms with Gasteiger partial charge in [-0.05, 0) is 39.8 Å². The Morgan fingerprint density at radius 3 is 2.42 bits per heavy atom. The molecule has 0 bridgehead atoms. The summed E-state index contributed by atoms with van der Waals surface area (Å²) in [4.78, 5) is 18.5. The number of rotatable bonds is 6. The van der Waals surface area contributed by atoms with Gasteiger partial charge in [0.2, 0.25) is 0 Å². The summed E-state index contributed by atoms with van der Waals surface area (Å²) < 4.78 is 41.3. The Hall–Kier alpha value is -3.45. The highest BCUT2D eigenvalue weighted by Gasteiger charge is 2.48. The number of hydrogen-bond acceptors (Lipinski definition) is 7. The van der Waals surface area contributed by atoms with Crippen LogP contribution in [0.5, 0.6) is 0 Å². The largest absolute Gasteiger partial charge is 0.363 e. The molecule has 0 radical (unpaired) electrons. The molecule has 36 heavy (non-hydrogen) atoms. The van der Waals surface area contributed by atoms with Crippen LogP contribution in [0.15, 0.2) is 24.3 Å². The van der Waals surface area contributed by atoms with Crippen molar-refractivity contribution in [2.24, 2.45) is 0 Å². The predicted octanol–water partition coefficient (Wildman–Crippen LogP) is 4.89. The molecule has 2 aromatic heterocycles. The number of piperazine rings is 1. The van der Waals surface area contributed by atoms with E-state index in [0.29, 0.717) is 22.7 Å². The minimum absolute atomic E-state index is 0.121. The molecule has 1 aliphatic carbocycles. The topological polar surface area (TPSA) is 81.0 Å². The summed E-state index contributed by atoms with van der Waals surface area (Å²) in [6.45, 7) is 6.84. The second-order valence-corrected chi connectivity index (χ2v) is 9.75. The molecule has 1 aliphatic heterocycles. The van der Waals surface area contributed by atoms with Gasteiger partial charge in [-0.2, -0.15) is 5.26 Å². The Balaban J connectivity index is 1.59. The van der Waals surface area contributed by atoms with E-state index in [1.54, 1.807) is 13.8 Å². The zero-order valence-corrected chi connectivity index (χ0v) is 20.5. The summed E-state index contributed by atoms with van der Waals surface area (Å²) in [5, 5.41) is 13.8. The molecule has 1 saturated heterocycles. The Bertz CT molecular complexity index is 1340. The number of likely N-dealkylation sites (N-methyl/N-ethyl adjacent to an activating group) is 1. The standard InChI is InChI=1S/C26H28F3N7/c1-15(17-5-4-6-18(21(17)27)22(28)29)31-23-19-13-20(26(14-30)7-8-26)25(34-24(19)33-16(2)32-23)36-11-9-35(3)10-12-36/h4-6,13,15,22H,7-12H2,1-3H3,(H,31,32,33,34)/t15-/m1/s1. The van der Waals surface area contributed by atoms with Gasteiger partial charge in [-0.15, -0.1) is 0 Å². The number of nitrogens with one attached hydrogen (secondary N) is 1. The molecule has 7 nitrogen and oxygen atoms in total. The number of alkyl halides is 2. The fraction of sp³-hybridized carbons (Fsp3) is 0.462. The van der Waals surface area contributed by atoms with Crippen LogP contribution in [0.25, 0.3) is 11.0 Å². The van der Waals surface area contributed by atoms with Gasteiger partial charge in [-0.25, -0.2) is 28.1 Å². The molecule has 188 valence electrons. The lowest BCUT2D eigenvalue weighted by molar-refractivity contribution is 0.146. The quantitative estimate of drug-likeness (QED) is 0.522. The molecular formula is C26H28F3N7. The predicted molar refractivity (Wildman–Crippen MR) is 132 cm³/mol. The highest BCUT2D eigenvalue weighted by atomic mass is 19.3. The second kappa shape index (κ2) is 9.21. The summed E-state index contributed by atoms with van der Waals surface area (Å²) in [6.07, 6.45) is -1.39. The van der Waals surface area contributed by atoms with E-state index in [1.165, 1.54) is 12.1 Å². The van der Waals surface area contributed by atoms with E-state index in [0.717, 1.165) is 56.5 Å². The first-order valence-corrected chi connectivity index (χ1v) is 12.1. The summed E-state index contributed by atoms with van der Waals surface area (Å²) in [7, 11) is 2.08. The number of nitrogens with zero attached hydrogens (tertiary/aromatic N) is 6. The van der Waals surface area contributed by atoms with Gasteiger partial charge in [-0.1, -0.05) is 18.2 Å². The van der Waals surface area contributed by atoms with E-state index in [2.05, 4.69) is 38.2 Å². The molecule has 1 saturated carbocycles. The average molecular weight is 496 g/mol. The number of anilines is 2. The zero-order valence-electron chi connectivity index (χ0n) is 20.5. The minimum Gasteiger partial charge on any atom is -0.363 e. The van der Waals surface area contributed by atoms with Crippen LogP contribution in [0.3, 0.4) is 0 Å². The van der Waals surface area contributed by atoms with E-state index in [1.807, 2.05) is 6.07 Å². The van der Waals surface area contributed by atoms with Gasteiger partial charge in [0.15, 0.2) is 5.65 Å². The van der Waals surface area contributed by atoms with Crippen molar-refractivity contribution in [1.29, 1.82) is 5.26 Å². The van der Waals surface area contributed by atoms with Crippen LogP contribution in [0, 0.1) is 24.1 Å². The first kappa shape index (κ1) is 24.3. The molecule has 3 aromatic rings. The Morgan fingerprint density at radius 1 is 1.08 bits per heavy atom. The molecule has 1 N–H and O–H groups in total. The summed E-state index contributed by atoms with van der Waals surface area (Å²) >= 11 is 0. The lowest BCUT2D eigenvalue weighted by Crippen LogP contribution is -2.45. The molecule has 2 aliphatic rings. The fourth-order valence-corrected chi connectivity index (χ4v) is 4.80. The van der Waals surface area contributed by atoms with Crippen LogP contribution in [-0.2, 0) is 5.41 Å². The number of benzene rings is 1. The van der Waals surface area contributed by atoms with E-state index in [-0.39, 0.29) is 5.56 Å². The summed E-state index contributed by atoms with van der Waals surface area (Å²) in [5.41, 5.74) is 0.234. The molecule has 3 heterocycles. The molecule has 5 rings (SSSR count). The van der Waals surface area contributed by atoms with Gasteiger partial charge in [0, 0.05) is 37.3 Å². The van der Waals surface area contributed by atoms with Gasteiger partial charge in [0.1, 0.15) is 23.3 Å². The van der Waals surface area contributed by atoms with Crippen molar-refractivity contribution < 1.29 is 13.2 Å². The molecule has 0 spiro atoms. The number of hydrogen-bond donors (Lipinski definition) is 1. The van der Waals surface area contributed by atoms with Crippen molar-refractivity contribution >= 4 is 22.7 Å². The Morgan fingerprint density at radius 2 is 1.78 bits per heavy atom. The monoisotopic (exact) mass is 495 g/mol. The summed E-state index contributed by atoms with van der Waals surface area (Å²) in [5.74, 6) is 0.756. The number of pyridine rings is 1. The molecule has 1 aromatic carbocycles. The maximum absolute atomic E-state index is 14.8. The third-order valence-electron chi connectivity index (χ3n) is 7.17. The van der Waals surface area contributed by atoms with Gasteiger partial charge < -0.3 is 15.1 Å². The molecule has 0 unspecified atom stereocenters. The highest BCUT2D eigenvalue weighted by Crippen LogP contribution is 2.51. The number of aryl methyl sites for hydroxylation is 1. The Kier molecular flexibility index (Phi) is 6.20. The van der Waals surface area contributed by atoms with Crippen LogP contribution >= 0.6 is 0 Å². The molecule has 10 heteroatoms. The van der Waals surface area contributed by atoms with Gasteiger partial charge in [-0.3, -0.25) is 0 Å². The van der Waals surface area contributed by atoms with Crippen LogP contribution in [-0.4, -0.2) is 53.1 Å². The lowest BCUT2D eigenvalue weighted by atomic mass is 9.96. The van der Waals surface area contributed by atoms with Gasteiger partial charge >= 0.3 is 0 Å². The molecule has 0 amide bonds. The van der Waals surface area contributed by atoms with Crippen LogP contribution in [0.2, 0.25) is 0 Å². The maximum atomic E-state index is 14.8. The fourth-order valence-electron chi connectivity index (χ4n) is 4.80. The third-order valence-corrected chi connectivity index (χ3v) is 7.17. The maximum Gasteiger partial charge on any atom is 0.266 e. The van der Waals surface area contributed by atoms with Crippen LogP contribution in [0.4, 0.5) is 24.8 Å². The average Bonchev–Trinajstić information content (AvgIpc) is 3.65. The van der Waals surface area contributed by atoms with Crippen molar-refractivity contribution in [2.45, 2.75) is 44.6 Å². The third kappa shape index (κ3) is 4.32. The van der Waals surface area contributed by atoms with Gasteiger partial charge in [0.25, 0.3) is 6.43 Å². The number of halogens is 3. The van der Waals surface area contributed by atoms with Crippen molar-refractivity contribution in [2.75, 3.05) is 43.4 Å². The smallest absolute Gasteiger partial charge is 0.266 e. The highest BCUT2D eigenvalue weighted by molar-refractivity contribution is 5.89. The normalized spacial score (nSPS) is 18.3. The van der Waals surface area contributed by atoms with E-state index < -0.39 is 29.3 Å². The van der Waals surface area contributed by atoms with Crippen molar-refractivity contribution in [3.63, 3.8) is 0 Å².